The molecule has 2 fully saturated rings. The van der Waals surface area contributed by atoms with Crippen LogP contribution in [0, 0.1) is 17.8 Å². The van der Waals surface area contributed by atoms with Crippen LogP contribution < -0.4 is 14.4 Å². The fourth-order valence-corrected chi connectivity index (χ4v) is 13.3. The third kappa shape index (κ3) is 6.37. The molecule has 2 aromatic carbocycles. The highest BCUT2D eigenvalue weighted by Gasteiger charge is 2.52. The maximum Gasteiger partial charge on any atom is 0.262 e. The summed E-state index contributed by atoms with van der Waals surface area (Å²) in [6.07, 6.45) is 11.1. The van der Waals surface area contributed by atoms with Crippen molar-refractivity contribution in [2.75, 3.05) is 36.1 Å². The van der Waals surface area contributed by atoms with E-state index >= 15 is 0 Å². The molecule has 7 atom stereocenters. The molecule has 1 amide bonds. The van der Waals surface area contributed by atoms with E-state index in [9.17, 15) is 14.1 Å². The first-order valence-electron chi connectivity index (χ1n) is 17.1. The molecule has 0 aromatic heterocycles. The van der Waals surface area contributed by atoms with Gasteiger partial charge in [-0.1, -0.05) is 36.7 Å². The average Bonchev–Trinajstić information content (AvgIpc) is 3.19. The van der Waals surface area contributed by atoms with Crippen LogP contribution in [0.15, 0.2) is 48.6 Å². The van der Waals surface area contributed by atoms with Gasteiger partial charge in [0.25, 0.3) is 5.91 Å². The van der Waals surface area contributed by atoms with Crippen LogP contribution in [0.5, 0.6) is 5.75 Å². The third-order valence-corrected chi connectivity index (χ3v) is 17.2. The van der Waals surface area contributed by atoms with Crippen molar-refractivity contribution in [3.63, 3.8) is 0 Å². The molecule has 2 aromatic rings. The number of ether oxygens (including phenoxy) is 1. The molecule has 1 unspecified atom stereocenters. The molecule has 2 bridgehead atoms. The Morgan fingerprint density at radius 1 is 1.13 bits per heavy atom. The SMILES string of the molecule is C=S1(=O)NC(=O)c2ccc3c(c2)N(C[C@@H]2CC[C@H]2[C@@](O)(C2SCCCS2)/C=C/C[C@H](C)[C@H]1C)C[C@@]1(CCCc2cc(Cl)ccc21)CO3. The minimum absolute atomic E-state index is 0.00191. The Kier molecular flexibility index (Phi) is 9.44. The molecule has 1 spiro atoms. The Morgan fingerprint density at radius 2 is 1.94 bits per heavy atom. The molecule has 2 N–H and O–H groups in total. The van der Waals surface area contributed by atoms with Crippen molar-refractivity contribution in [2.45, 2.75) is 79.6 Å². The first-order valence-corrected chi connectivity index (χ1v) is 21.4. The normalized spacial score (nSPS) is 37.0. The lowest BCUT2D eigenvalue weighted by atomic mass is 9.64. The number of nitrogens with zero attached hydrogens (tertiary/aromatic N) is 1. The van der Waals surface area contributed by atoms with Crippen LogP contribution in [0.4, 0.5) is 5.69 Å². The van der Waals surface area contributed by atoms with Gasteiger partial charge >= 0.3 is 0 Å². The second kappa shape index (κ2) is 13.2. The summed E-state index contributed by atoms with van der Waals surface area (Å²) in [7, 11) is -2.95. The number of hydrogen-bond donors (Lipinski definition) is 2. The minimum Gasteiger partial charge on any atom is -0.490 e. The largest absolute Gasteiger partial charge is 0.490 e. The summed E-state index contributed by atoms with van der Waals surface area (Å²) in [6.45, 7) is 5.99. The number of carbonyl (C=O) groups excluding carboxylic acids is 1. The summed E-state index contributed by atoms with van der Waals surface area (Å²) in [4.78, 5) is 16.1. The van der Waals surface area contributed by atoms with Gasteiger partial charge in [0.05, 0.1) is 26.6 Å². The van der Waals surface area contributed by atoms with Gasteiger partial charge in [0.15, 0.2) is 0 Å². The molecular formula is C37H47ClN2O4S3. The number of carbonyl (C=O) groups is 1. The van der Waals surface area contributed by atoms with Crippen LogP contribution in [0.25, 0.3) is 0 Å². The van der Waals surface area contributed by atoms with Gasteiger partial charge in [-0.25, -0.2) is 4.21 Å². The van der Waals surface area contributed by atoms with E-state index in [1.165, 1.54) is 17.5 Å². The van der Waals surface area contributed by atoms with E-state index in [1.54, 1.807) is 6.07 Å². The predicted octanol–water partition coefficient (Wildman–Crippen LogP) is 7.11. The topological polar surface area (TPSA) is 78.9 Å². The number of anilines is 1. The van der Waals surface area contributed by atoms with Gasteiger partial charge in [0, 0.05) is 34.3 Å². The Hall–Kier alpha value is -1.78. The molecule has 3 aliphatic heterocycles. The van der Waals surface area contributed by atoms with Crippen molar-refractivity contribution in [3.05, 3.63) is 70.3 Å². The number of aliphatic hydroxyl groups is 1. The van der Waals surface area contributed by atoms with Gasteiger partial charge in [0.1, 0.15) is 11.4 Å². The molecule has 5 aliphatic rings. The third-order valence-electron chi connectivity index (χ3n) is 11.5. The number of rotatable bonds is 1. The van der Waals surface area contributed by atoms with Crippen molar-refractivity contribution in [3.8, 4) is 5.75 Å². The number of halogens is 1. The number of hydrogen-bond acceptors (Lipinski definition) is 7. The van der Waals surface area contributed by atoms with Gasteiger partial charge in [0.2, 0.25) is 0 Å². The van der Waals surface area contributed by atoms with Crippen LogP contribution in [0.3, 0.4) is 0 Å². The second-order valence-electron chi connectivity index (χ2n) is 14.5. The highest BCUT2D eigenvalue weighted by atomic mass is 35.5. The van der Waals surface area contributed by atoms with Crippen LogP contribution in [0.2, 0.25) is 5.02 Å². The van der Waals surface area contributed by atoms with Crippen LogP contribution >= 0.6 is 35.1 Å². The summed E-state index contributed by atoms with van der Waals surface area (Å²) in [5.74, 6) is 6.91. The summed E-state index contributed by atoms with van der Waals surface area (Å²) < 4.78 is 23.4. The zero-order valence-corrected chi connectivity index (χ0v) is 30.6. The lowest BCUT2D eigenvalue weighted by Gasteiger charge is -2.51. The van der Waals surface area contributed by atoms with E-state index in [0.717, 1.165) is 73.2 Å². The molecule has 3 heterocycles. The summed E-state index contributed by atoms with van der Waals surface area (Å²) in [6, 6.07) is 11.9. The summed E-state index contributed by atoms with van der Waals surface area (Å²) >= 11 is 10.3. The predicted molar refractivity (Wildman–Crippen MR) is 200 cm³/mol. The van der Waals surface area contributed by atoms with E-state index in [-0.39, 0.29) is 38.9 Å². The highest BCUT2D eigenvalue weighted by Crippen LogP contribution is 2.53. The number of benzene rings is 2. The van der Waals surface area contributed by atoms with Crippen LogP contribution in [-0.2, 0) is 21.5 Å². The van der Waals surface area contributed by atoms with Gasteiger partial charge in [-0.15, -0.1) is 23.5 Å². The van der Waals surface area contributed by atoms with Crippen LogP contribution in [0.1, 0.15) is 73.9 Å². The molecule has 254 valence electrons. The second-order valence-corrected chi connectivity index (χ2v) is 20.1. The van der Waals surface area contributed by atoms with Gasteiger partial charge in [-0.05, 0) is 128 Å². The van der Waals surface area contributed by atoms with Crippen LogP contribution in [-0.4, -0.2) is 67.7 Å². The molecule has 47 heavy (non-hydrogen) atoms. The monoisotopic (exact) mass is 714 g/mol. The molecule has 1 saturated heterocycles. The Balaban J connectivity index is 1.32. The lowest BCUT2D eigenvalue weighted by molar-refractivity contribution is -0.0333. The van der Waals surface area contributed by atoms with Crippen molar-refractivity contribution in [2.24, 2.45) is 17.8 Å². The minimum atomic E-state index is -2.95. The fraction of sp³-hybridized carbons (Fsp3) is 0.568. The zero-order chi connectivity index (χ0) is 33.0. The van der Waals surface area contributed by atoms with E-state index in [0.29, 0.717) is 18.6 Å². The standard InChI is InChI=1S/C37H47ClN2O4S3/c1-24-7-4-16-37(42,35-45-17-6-18-46-35)31-12-9-28(31)21-40-22-36(15-5-8-26-19-29(38)11-13-30(26)36)23-44-33-14-10-27(20-32(33)40)34(41)39-47(3,43)25(24)2/h4,10-11,13-14,16,19-20,24-25,28,31,35,42H,3,5-9,12,15,17-18,21-23H2,1-2H3,(H,39,41,43)/b16-4+/t24-,25+,28-,31+,36-,37+,47?/m0/s1. The number of amides is 1. The molecule has 6 nitrogen and oxygen atoms in total. The van der Waals surface area contributed by atoms with Gasteiger partial charge in [-0.2, -0.15) is 0 Å². The quantitative estimate of drug-likeness (QED) is 0.241. The fourth-order valence-electron chi connectivity index (χ4n) is 8.41. The van der Waals surface area contributed by atoms with Gasteiger partial charge < -0.3 is 14.7 Å². The molecule has 7 rings (SSSR count). The highest BCUT2D eigenvalue weighted by molar-refractivity contribution is 8.17. The molecule has 1 saturated carbocycles. The number of nitrogens with one attached hydrogen (secondary N) is 1. The van der Waals surface area contributed by atoms with Gasteiger partial charge in [-0.3, -0.25) is 9.52 Å². The van der Waals surface area contributed by atoms with Crippen molar-refractivity contribution in [1.82, 2.24) is 4.72 Å². The van der Waals surface area contributed by atoms with E-state index in [1.807, 2.05) is 48.6 Å². The maximum absolute atomic E-state index is 13.9. The Labute approximate surface area is 294 Å². The first kappa shape index (κ1) is 33.7. The molecule has 2 aliphatic carbocycles. The summed E-state index contributed by atoms with van der Waals surface area (Å²) in [5.41, 5.74) is 2.73. The summed E-state index contributed by atoms with van der Waals surface area (Å²) in [5, 5.41) is 13.1. The van der Waals surface area contributed by atoms with Crippen molar-refractivity contribution >= 4 is 62.3 Å². The zero-order valence-electron chi connectivity index (χ0n) is 27.4. The van der Waals surface area contributed by atoms with Crippen molar-refractivity contribution < 1.29 is 18.8 Å². The Bertz CT molecular complexity index is 1660. The number of allylic oxidation sites excluding steroid dienone is 1. The first-order chi connectivity index (χ1) is 22.5. The average molecular weight is 715 g/mol. The maximum atomic E-state index is 13.9. The van der Waals surface area contributed by atoms with E-state index < -0.39 is 15.3 Å². The Morgan fingerprint density at radius 3 is 2.70 bits per heavy atom. The van der Waals surface area contributed by atoms with E-state index in [2.05, 4.69) is 46.7 Å². The van der Waals surface area contributed by atoms with Crippen molar-refractivity contribution in [1.29, 1.82) is 0 Å². The lowest BCUT2D eigenvalue weighted by Crippen LogP contribution is -2.55. The smallest absolute Gasteiger partial charge is 0.262 e. The molecule has 0 radical (unpaired) electrons. The number of fused-ring (bicyclic) bond motifs is 4. The van der Waals surface area contributed by atoms with E-state index in [4.69, 9.17) is 16.3 Å². The molecule has 10 heteroatoms. The number of thioether (sulfide) groups is 2. The number of aryl methyl sites for hydroxylation is 1. The molecular weight excluding hydrogens is 668 g/mol.